The fourth-order valence-corrected chi connectivity index (χ4v) is 1.83. The first kappa shape index (κ1) is 12.7. The normalized spacial score (nSPS) is 9.69. The van der Waals surface area contributed by atoms with Gasteiger partial charge in [-0.05, 0) is 30.7 Å². The van der Waals surface area contributed by atoms with Gasteiger partial charge in [-0.1, -0.05) is 15.9 Å². The Balaban J connectivity index is 2.69. The van der Waals surface area contributed by atoms with Crippen molar-refractivity contribution in [1.82, 2.24) is 10.6 Å². The Morgan fingerprint density at radius 2 is 2.00 bits per heavy atom. The number of hydrogen-bond donors (Lipinski definition) is 2. The molecule has 0 saturated carbocycles. The van der Waals surface area contributed by atoms with Crippen molar-refractivity contribution >= 4 is 27.7 Å². The van der Waals surface area contributed by atoms with Gasteiger partial charge in [-0.25, -0.2) is 0 Å². The second-order valence-corrected chi connectivity index (χ2v) is 4.29. The zero-order chi connectivity index (χ0) is 12.1. The molecule has 0 heterocycles. The summed E-state index contributed by atoms with van der Waals surface area (Å²) in [6.07, 6.45) is 0. The summed E-state index contributed by atoms with van der Waals surface area (Å²) in [5, 5.41) is 4.96. The molecule has 0 atom stereocenters. The van der Waals surface area contributed by atoms with Gasteiger partial charge in [0.1, 0.15) is 0 Å². The highest BCUT2D eigenvalue weighted by atomic mass is 79.9. The number of benzene rings is 1. The maximum atomic E-state index is 11.7. The van der Waals surface area contributed by atoms with Gasteiger partial charge in [0.25, 0.3) is 5.91 Å². The zero-order valence-electron chi connectivity index (χ0n) is 9.13. The SMILES string of the molecule is CNC(=O)CNC(=O)c1cc(C)cc(Br)c1. The average molecular weight is 285 g/mol. The van der Waals surface area contributed by atoms with Gasteiger partial charge >= 0.3 is 0 Å². The van der Waals surface area contributed by atoms with Crippen LogP contribution in [0.4, 0.5) is 0 Å². The molecule has 0 bridgehead atoms. The van der Waals surface area contributed by atoms with E-state index in [0.717, 1.165) is 10.0 Å². The van der Waals surface area contributed by atoms with E-state index >= 15 is 0 Å². The molecule has 0 spiro atoms. The monoisotopic (exact) mass is 284 g/mol. The van der Waals surface area contributed by atoms with E-state index in [-0.39, 0.29) is 18.4 Å². The van der Waals surface area contributed by atoms with Crippen LogP contribution in [-0.4, -0.2) is 25.4 Å². The number of aryl methyl sites for hydroxylation is 1. The van der Waals surface area contributed by atoms with E-state index in [1.165, 1.54) is 7.05 Å². The van der Waals surface area contributed by atoms with Crippen LogP contribution in [0.5, 0.6) is 0 Å². The van der Waals surface area contributed by atoms with Gasteiger partial charge in [0, 0.05) is 17.1 Å². The lowest BCUT2D eigenvalue weighted by Gasteiger charge is -2.05. The Kier molecular flexibility index (Phi) is 4.49. The fraction of sp³-hybridized carbons (Fsp3) is 0.273. The van der Waals surface area contributed by atoms with E-state index in [2.05, 4.69) is 26.6 Å². The summed E-state index contributed by atoms with van der Waals surface area (Å²) < 4.78 is 0.845. The standard InChI is InChI=1S/C11H13BrN2O2/c1-7-3-8(5-9(12)4-7)11(16)14-6-10(15)13-2/h3-5H,6H2,1-2H3,(H,13,15)(H,14,16). The Hall–Kier alpha value is -1.36. The third-order valence-corrected chi connectivity index (χ3v) is 2.45. The summed E-state index contributed by atoms with van der Waals surface area (Å²) in [5.41, 5.74) is 1.52. The zero-order valence-corrected chi connectivity index (χ0v) is 10.7. The molecule has 1 aromatic carbocycles. The molecular formula is C11H13BrN2O2. The lowest BCUT2D eigenvalue weighted by Crippen LogP contribution is -2.35. The molecule has 4 nitrogen and oxygen atoms in total. The minimum absolute atomic E-state index is 0.0130. The maximum absolute atomic E-state index is 11.7. The first-order chi connectivity index (χ1) is 7.52. The van der Waals surface area contributed by atoms with Crippen LogP contribution in [0.1, 0.15) is 15.9 Å². The van der Waals surface area contributed by atoms with Crippen molar-refractivity contribution in [3.05, 3.63) is 33.8 Å². The molecular weight excluding hydrogens is 272 g/mol. The molecule has 1 aromatic rings. The summed E-state index contributed by atoms with van der Waals surface area (Å²) in [4.78, 5) is 22.6. The van der Waals surface area contributed by atoms with Gasteiger partial charge in [-0.2, -0.15) is 0 Å². The highest BCUT2D eigenvalue weighted by Gasteiger charge is 2.08. The summed E-state index contributed by atoms with van der Waals surface area (Å²) >= 11 is 3.32. The Morgan fingerprint density at radius 1 is 1.31 bits per heavy atom. The number of likely N-dealkylation sites (N-methyl/N-ethyl adjacent to an activating group) is 1. The van der Waals surface area contributed by atoms with Gasteiger partial charge in [0.15, 0.2) is 0 Å². The second kappa shape index (κ2) is 5.65. The van der Waals surface area contributed by atoms with E-state index in [4.69, 9.17) is 0 Å². The number of halogens is 1. The number of hydrogen-bond acceptors (Lipinski definition) is 2. The van der Waals surface area contributed by atoms with Gasteiger partial charge in [0.2, 0.25) is 5.91 Å². The van der Waals surface area contributed by atoms with E-state index < -0.39 is 0 Å². The van der Waals surface area contributed by atoms with Crippen molar-refractivity contribution in [1.29, 1.82) is 0 Å². The molecule has 5 heteroatoms. The van der Waals surface area contributed by atoms with E-state index in [9.17, 15) is 9.59 Å². The second-order valence-electron chi connectivity index (χ2n) is 3.37. The number of nitrogens with one attached hydrogen (secondary N) is 2. The van der Waals surface area contributed by atoms with E-state index in [1.54, 1.807) is 12.1 Å². The Morgan fingerprint density at radius 3 is 2.56 bits per heavy atom. The third-order valence-electron chi connectivity index (χ3n) is 1.99. The largest absolute Gasteiger partial charge is 0.358 e. The Bertz CT molecular complexity index is 398. The molecule has 0 saturated heterocycles. The van der Waals surface area contributed by atoms with Crippen molar-refractivity contribution < 1.29 is 9.59 Å². The van der Waals surface area contributed by atoms with Gasteiger partial charge < -0.3 is 10.6 Å². The van der Waals surface area contributed by atoms with Crippen LogP contribution >= 0.6 is 15.9 Å². The summed E-state index contributed by atoms with van der Waals surface area (Å²) in [7, 11) is 1.53. The summed E-state index contributed by atoms with van der Waals surface area (Å²) in [5.74, 6) is -0.479. The van der Waals surface area contributed by atoms with Gasteiger partial charge in [0.05, 0.1) is 6.54 Å². The molecule has 2 amide bonds. The molecule has 0 fully saturated rings. The van der Waals surface area contributed by atoms with Crippen LogP contribution in [-0.2, 0) is 4.79 Å². The quantitative estimate of drug-likeness (QED) is 0.877. The van der Waals surface area contributed by atoms with E-state index in [0.29, 0.717) is 5.56 Å². The van der Waals surface area contributed by atoms with Crippen molar-refractivity contribution in [3.63, 3.8) is 0 Å². The molecule has 0 radical (unpaired) electrons. The summed E-state index contributed by atoms with van der Waals surface area (Å²) in [6, 6.07) is 5.39. The molecule has 16 heavy (non-hydrogen) atoms. The lowest BCUT2D eigenvalue weighted by atomic mass is 10.1. The first-order valence-electron chi connectivity index (χ1n) is 4.79. The minimum Gasteiger partial charge on any atom is -0.358 e. The summed E-state index contributed by atoms with van der Waals surface area (Å²) in [6.45, 7) is 1.89. The van der Waals surface area contributed by atoms with E-state index in [1.807, 2.05) is 13.0 Å². The predicted octanol–water partition coefficient (Wildman–Crippen LogP) is 1.23. The Labute approximate surface area is 103 Å². The minimum atomic E-state index is -0.256. The van der Waals surface area contributed by atoms with Crippen LogP contribution in [0, 0.1) is 6.92 Å². The average Bonchev–Trinajstić information content (AvgIpc) is 2.23. The molecule has 0 aliphatic rings. The van der Waals surface area contributed by atoms with Crippen molar-refractivity contribution in [2.45, 2.75) is 6.92 Å². The number of amides is 2. The van der Waals surface area contributed by atoms with Crippen LogP contribution in [0.3, 0.4) is 0 Å². The first-order valence-corrected chi connectivity index (χ1v) is 5.58. The predicted molar refractivity (Wildman–Crippen MR) is 65.3 cm³/mol. The highest BCUT2D eigenvalue weighted by Crippen LogP contribution is 2.15. The van der Waals surface area contributed by atoms with Gasteiger partial charge in [-0.15, -0.1) is 0 Å². The van der Waals surface area contributed by atoms with Gasteiger partial charge in [-0.3, -0.25) is 9.59 Å². The molecule has 1 rings (SSSR count). The number of carbonyl (C=O) groups excluding carboxylic acids is 2. The molecule has 0 aliphatic heterocycles. The molecule has 2 N–H and O–H groups in total. The lowest BCUT2D eigenvalue weighted by molar-refractivity contribution is -0.119. The number of carbonyl (C=O) groups is 2. The molecule has 0 aliphatic carbocycles. The highest BCUT2D eigenvalue weighted by molar-refractivity contribution is 9.10. The van der Waals surface area contributed by atoms with Crippen LogP contribution in [0.15, 0.2) is 22.7 Å². The molecule has 86 valence electrons. The van der Waals surface area contributed by atoms with Crippen LogP contribution in [0.2, 0.25) is 0 Å². The number of rotatable bonds is 3. The molecule has 0 aromatic heterocycles. The van der Waals surface area contributed by atoms with Crippen molar-refractivity contribution in [3.8, 4) is 0 Å². The third kappa shape index (κ3) is 3.66. The van der Waals surface area contributed by atoms with Crippen molar-refractivity contribution in [2.24, 2.45) is 0 Å². The topological polar surface area (TPSA) is 58.2 Å². The van der Waals surface area contributed by atoms with Crippen LogP contribution < -0.4 is 10.6 Å². The fourth-order valence-electron chi connectivity index (χ4n) is 1.22. The maximum Gasteiger partial charge on any atom is 0.251 e. The smallest absolute Gasteiger partial charge is 0.251 e. The molecule has 0 unspecified atom stereocenters. The van der Waals surface area contributed by atoms with Crippen molar-refractivity contribution in [2.75, 3.05) is 13.6 Å². The van der Waals surface area contributed by atoms with Crippen LogP contribution in [0.25, 0.3) is 0 Å².